The molecule has 1 heterocycles. The van der Waals surface area contributed by atoms with Crippen LogP contribution in [0.2, 0.25) is 0 Å². The van der Waals surface area contributed by atoms with E-state index in [4.69, 9.17) is 5.11 Å². The average molecular weight is 294 g/mol. The van der Waals surface area contributed by atoms with Crippen molar-refractivity contribution in [2.75, 3.05) is 12.8 Å². The minimum Gasteiger partial charge on any atom is -0.478 e. The van der Waals surface area contributed by atoms with Gasteiger partial charge in [-0.15, -0.1) is 0 Å². The van der Waals surface area contributed by atoms with Crippen molar-refractivity contribution in [1.29, 1.82) is 0 Å². The van der Waals surface area contributed by atoms with Crippen LogP contribution in [0.25, 0.3) is 0 Å². The second-order valence-electron chi connectivity index (χ2n) is 4.98. The van der Waals surface area contributed by atoms with Gasteiger partial charge in [0.25, 0.3) is 5.91 Å². The molecule has 2 N–H and O–H groups in total. The van der Waals surface area contributed by atoms with E-state index in [2.05, 4.69) is 16.6 Å². The van der Waals surface area contributed by atoms with Crippen molar-refractivity contribution in [3.8, 4) is 0 Å². The molecule has 0 spiro atoms. The van der Waals surface area contributed by atoms with Crippen LogP contribution in [0.4, 0.5) is 0 Å². The van der Waals surface area contributed by atoms with E-state index in [-0.39, 0.29) is 16.0 Å². The number of amides is 1. The van der Waals surface area contributed by atoms with Gasteiger partial charge in [-0.25, -0.2) is 4.79 Å². The van der Waals surface area contributed by atoms with Crippen LogP contribution in [-0.4, -0.2) is 39.5 Å². The van der Waals surface area contributed by atoms with Gasteiger partial charge in [0.15, 0.2) is 0 Å². The van der Waals surface area contributed by atoms with Crippen LogP contribution in [0.3, 0.4) is 0 Å². The molecule has 0 radical (unpaired) electrons. The minimum absolute atomic E-state index is 0.0192. The maximum atomic E-state index is 12.1. The van der Waals surface area contributed by atoms with Crippen molar-refractivity contribution in [3.05, 3.63) is 29.6 Å². The number of carboxylic acid groups (broad SMARTS) is 1. The number of hydrogen-bond acceptors (Lipinski definition) is 4. The Kier molecular flexibility index (Phi) is 4.65. The third-order valence-electron chi connectivity index (χ3n) is 3.77. The molecule has 1 aliphatic rings. The standard InChI is InChI=1S/C14H18N2O3S/c1-20-14(6-2-3-7-14)9-16-12(17)11-10(13(18)19)5-4-8-15-11/h4-5,8H,2-3,6-7,9H2,1H3,(H,16,17)(H,18,19). The SMILES string of the molecule is CSC1(CNC(=O)c2ncccc2C(=O)O)CCCC1. The molecule has 6 heteroatoms. The number of rotatable bonds is 5. The van der Waals surface area contributed by atoms with E-state index < -0.39 is 11.9 Å². The lowest BCUT2D eigenvalue weighted by atomic mass is 10.1. The predicted molar refractivity (Wildman–Crippen MR) is 78.2 cm³/mol. The Hall–Kier alpha value is -1.56. The molecule has 2 rings (SSSR count). The normalized spacial score (nSPS) is 16.9. The maximum absolute atomic E-state index is 12.1. The molecule has 1 saturated carbocycles. The van der Waals surface area contributed by atoms with Crippen LogP contribution < -0.4 is 5.32 Å². The summed E-state index contributed by atoms with van der Waals surface area (Å²) in [5, 5.41) is 11.9. The minimum atomic E-state index is -1.14. The molecular formula is C14H18N2O3S. The number of aromatic nitrogens is 1. The van der Waals surface area contributed by atoms with Gasteiger partial charge in [0.1, 0.15) is 5.69 Å². The van der Waals surface area contributed by atoms with Crippen molar-refractivity contribution >= 4 is 23.6 Å². The van der Waals surface area contributed by atoms with Crippen molar-refractivity contribution in [3.63, 3.8) is 0 Å². The molecule has 1 aromatic rings. The quantitative estimate of drug-likeness (QED) is 0.870. The summed E-state index contributed by atoms with van der Waals surface area (Å²) in [7, 11) is 0. The summed E-state index contributed by atoms with van der Waals surface area (Å²) in [6, 6.07) is 2.91. The van der Waals surface area contributed by atoms with Crippen molar-refractivity contribution < 1.29 is 14.7 Å². The van der Waals surface area contributed by atoms with Crippen LogP contribution in [0, 0.1) is 0 Å². The number of carbonyl (C=O) groups excluding carboxylic acids is 1. The molecule has 0 aliphatic heterocycles. The van der Waals surface area contributed by atoms with Gasteiger partial charge in [-0.3, -0.25) is 9.78 Å². The third-order valence-corrected chi connectivity index (χ3v) is 5.19. The number of pyridine rings is 1. The van der Waals surface area contributed by atoms with Crippen LogP contribution >= 0.6 is 11.8 Å². The highest BCUT2D eigenvalue weighted by atomic mass is 32.2. The van der Waals surface area contributed by atoms with Gasteiger partial charge < -0.3 is 10.4 Å². The Morgan fingerprint density at radius 2 is 2.15 bits per heavy atom. The monoisotopic (exact) mass is 294 g/mol. The maximum Gasteiger partial charge on any atom is 0.338 e. The van der Waals surface area contributed by atoms with Crippen LogP contribution in [0.15, 0.2) is 18.3 Å². The molecule has 5 nitrogen and oxygen atoms in total. The van der Waals surface area contributed by atoms with Gasteiger partial charge in [0, 0.05) is 17.5 Å². The van der Waals surface area contributed by atoms with Gasteiger partial charge in [-0.1, -0.05) is 12.8 Å². The molecule has 20 heavy (non-hydrogen) atoms. The Morgan fingerprint density at radius 3 is 2.75 bits per heavy atom. The van der Waals surface area contributed by atoms with E-state index in [9.17, 15) is 9.59 Å². The summed E-state index contributed by atoms with van der Waals surface area (Å²) < 4.78 is 0.0911. The molecule has 108 valence electrons. The number of hydrogen-bond donors (Lipinski definition) is 2. The molecule has 0 atom stereocenters. The molecule has 0 unspecified atom stereocenters. The smallest absolute Gasteiger partial charge is 0.338 e. The van der Waals surface area contributed by atoms with Crippen LogP contribution in [0.5, 0.6) is 0 Å². The van der Waals surface area contributed by atoms with E-state index in [0.717, 1.165) is 12.8 Å². The lowest BCUT2D eigenvalue weighted by molar-refractivity contribution is 0.0690. The van der Waals surface area contributed by atoms with Crippen LogP contribution in [-0.2, 0) is 0 Å². The van der Waals surface area contributed by atoms with Gasteiger partial charge >= 0.3 is 5.97 Å². The summed E-state index contributed by atoms with van der Waals surface area (Å²) in [4.78, 5) is 27.1. The number of aromatic carboxylic acids is 1. The summed E-state index contributed by atoms with van der Waals surface area (Å²) in [5.74, 6) is -1.55. The van der Waals surface area contributed by atoms with Crippen LogP contribution in [0.1, 0.15) is 46.5 Å². The second-order valence-corrected chi connectivity index (χ2v) is 6.26. The zero-order valence-corrected chi connectivity index (χ0v) is 12.2. The van der Waals surface area contributed by atoms with E-state index in [0.29, 0.717) is 6.54 Å². The van der Waals surface area contributed by atoms with E-state index in [1.807, 2.05) is 0 Å². The first kappa shape index (κ1) is 14.8. The molecule has 1 aromatic heterocycles. The third kappa shape index (κ3) is 3.12. The number of carbonyl (C=O) groups is 2. The molecule has 1 aliphatic carbocycles. The lowest BCUT2D eigenvalue weighted by Crippen LogP contribution is -2.39. The highest BCUT2D eigenvalue weighted by Crippen LogP contribution is 2.39. The number of thioether (sulfide) groups is 1. The number of carboxylic acids is 1. The van der Waals surface area contributed by atoms with E-state index in [1.54, 1.807) is 11.8 Å². The first-order valence-electron chi connectivity index (χ1n) is 6.60. The summed E-state index contributed by atoms with van der Waals surface area (Å²) in [6.07, 6.45) is 8.02. The van der Waals surface area contributed by atoms with E-state index in [1.165, 1.54) is 31.2 Å². The number of nitrogens with one attached hydrogen (secondary N) is 1. The zero-order valence-electron chi connectivity index (χ0n) is 11.4. The summed E-state index contributed by atoms with van der Waals surface area (Å²) in [5.41, 5.74) is -0.0797. The fourth-order valence-corrected chi connectivity index (χ4v) is 3.47. The van der Waals surface area contributed by atoms with Crippen molar-refractivity contribution in [2.24, 2.45) is 0 Å². The van der Waals surface area contributed by atoms with Gasteiger partial charge in [-0.05, 0) is 31.2 Å². The molecule has 0 saturated heterocycles. The Morgan fingerprint density at radius 1 is 1.45 bits per heavy atom. The fraction of sp³-hybridized carbons (Fsp3) is 0.500. The lowest BCUT2D eigenvalue weighted by Gasteiger charge is -2.26. The zero-order chi connectivity index (χ0) is 14.6. The molecular weight excluding hydrogens is 276 g/mol. The topological polar surface area (TPSA) is 79.3 Å². The largest absolute Gasteiger partial charge is 0.478 e. The van der Waals surface area contributed by atoms with Gasteiger partial charge in [0.05, 0.1) is 5.56 Å². The Bertz CT molecular complexity index is 513. The van der Waals surface area contributed by atoms with Crippen molar-refractivity contribution in [2.45, 2.75) is 30.4 Å². The Balaban J connectivity index is 2.07. The average Bonchev–Trinajstić information content (AvgIpc) is 2.94. The highest BCUT2D eigenvalue weighted by Gasteiger charge is 2.33. The number of nitrogens with zero attached hydrogens (tertiary/aromatic N) is 1. The molecule has 0 bridgehead atoms. The van der Waals surface area contributed by atoms with E-state index >= 15 is 0 Å². The highest BCUT2D eigenvalue weighted by molar-refractivity contribution is 8.00. The molecule has 1 amide bonds. The summed E-state index contributed by atoms with van der Waals surface area (Å²) >= 11 is 1.78. The molecule has 0 aromatic carbocycles. The van der Waals surface area contributed by atoms with Gasteiger partial charge in [-0.2, -0.15) is 11.8 Å². The molecule has 1 fully saturated rings. The summed E-state index contributed by atoms with van der Waals surface area (Å²) in [6.45, 7) is 0.558. The fourth-order valence-electron chi connectivity index (χ4n) is 2.56. The van der Waals surface area contributed by atoms with Gasteiger partial charge in [0.2, 0.25) is 0 Å². The van der Waals surface area contributed by atoms with Crippen molar-refractivity contribution in [1.82, 2.24) is 10.3 Å². The first-order valence-corrected chi connectivity index (χ1v) is 7.82. The Labute approximate surface area is 122 Å². The first-order chi connectivity index (χ1) is 9.58. The predicted octanol–water partition coefficient (Wildman–Crippen LogP) is 2.19. The second kappa shape index (κ2) is 6.26.